The summed E-state index contributed by atoms with van der Waals surface area (Å²) in [5.74, 6) is 1.07. The maximum Gasteiger partial charge on any atom is 0.231 e. The number of carbonyl (C=O) groups excluding carboxylic acids is 1. The Balaban J connectivity index is 2.56. The van der Waals surface area contributed by atoms with E-state index in [9.17, 15) is 4.79 Å². The van der Waals surface area contributed by atoms with Gasteiger partial charge in [-0.15, -0.1) is 0 Å². The second kappa shape index (κ2) is 2.48. The summed E-state index contributed by atoms with van der Waals surface area (Å²) in [6.07, 6.45) is 1.68. The smallest absolute Gasteiger partial charge is 0.231 e. The van der Waals surface area contributed by atoms with Crippen molar-refractivity contribution < 1.29 is 9.53 Å². The number of allylic oxidation sites excluding steroid dienone is 2. The van der Waals surface area contributed by atoms with Crippen molar-refractivity contribution in [3.05, 3.63) is 41.7 Å². The average molecular weight is 160 g/mol. The van der Waals surface area contributed by atoms with Crippen molar-refractivity contribution in [1.82, 2.24) is 0 Å². The molecule has 0 saturated heterocycles. The molecule has 0 bridgehead atoms. The lowest BCUT2D eigenvalue weighted by Gasteiger charge is -1.93. The van der Waals surface area contributed by atoms with Gasteiger partial charge in [-0.3, -0.25) is 4.79 Å². The van der Waals surface area contributed by atoms with Crippen molar-refractivity contribution in [3.63, 3.8) is 0 Å². The van der Waals surface area contributed by atoms with Gasteiger partial charge in [-0.05, 0) is 25.1 Å². The molecule has 0 spiro atoms. The quantitative estimate of drug-likeness (QED) is 0.543. The van der Waals surface area contributed by atoms with Crippen molar-refractivity contribution >= 4 is 5.78 Å². The van der Waals surface area contributed by atoms with Gasteiger partial charge in [0.1, 0.15) is 5.75 Å². The number of benzene rings is 1. The number of fused-ring (bicyclic) bond motifs is 1. The number of hydrogen-bond acceptors (Lipinski definition) is 2. The van der Waals surface area contributed by atoms with E-state index in [0.717, 1.165) is 0 Å². The number of Topliss-reactive ketones (excluding diaryl/α,β-unsaturated/α-hetero) is 1. The summed E-state index contributed by atoms with van der Waals surface area (Å²) >= 11 is 0. The summed E-state index contributed by atoms with van der Waals surface area (Å²) < 4.78 is 5.28. The monoisotopic (exact) mass is 160 g/mol. The Bertz CT molecular complexity index is 364. The first-order valence-corrected chi connectivity index (χ1v) is 3.81. The molecule has 0 aromatic heterocycles. The van der Waals surface area contributed by atoms with Crippen molar-refractivity contribution in [2.45, 2.75) is 6.92 Å². The lowest BCUT2D eigenvalue weighted by atomic mass is 10.1. The standard InChI is InChI=1S/C10H8O2/c1-2-8-10(11)7-5-3-4-6-9(7)12-8/h2-6H,1H3. The predicted octanol–water partition coefficient (Wildman–Crippen LogP) is 2.17. The third kappa shape index (κ3) is 0.848. The summed E-state index contributed by atoms with van der Waals surface area (Å²) in [6, 6.07) is 7.25. The van der Waals surface area contributed by atoms with E-state index in [2.05, 4.69) is 0 Å². The van der Waals surface area contributed by atoms with E-state index in [4.69, 9.17) is 4.74 Å². The molecule has 1 aromatic rings. The van der Waals surface area contributed by atoms with Crippen molar-refractivity contribution in [2.24, 2.45) is 0 Å². The minimum Gasteiger partial charge on any atom is -0.453 e. The lowest BCUT2D eigenvalue weighted by molar-refractivity contribution is 0.101. The highest BCUT2D eigenvalue weighted by molar-refractivity contribution is 6.12. The van der Waals surface area contributed by atoms with Gasteiger partial charge in [0.2, 0.25) is 5.78 Å². The van der Waals surface area contributed by atoms with Crippen LogP contribution in [0.15, 0.2) is 36.1 Å². The van der Waals surface area contributed by atoms with Crippen LogP contribution in [0.5, 0.6) is 5.75 Å². The molecule has 2 heteroatoms. The minimum atomic E-state index is -0.0203. The Morgan fingerprint density at radius 3 is 2.75 bits per heavy atom. The molecule has 2 rings (SSSR count). The number of para-hydroxylation sites is 1. The fraction of sp³-hybridized carbons (Fsp3) is 0.100. The summed E-state index contributed by atoms with van der Waals surface area (Å²) in [4.78, 5) is 11.4. The topological polar surface area (TPSA) is 26.3 Å². The zero-order valence-corrected chi connectivity index (χ0v) is 6.70. The van der Waals surface area contributed by atoms with Crippen LogP contribution in [0.4, 0.5) is 0 Å². The van der Waals surface area contributed by atoms with Gasteiger partial charge in [0.15, 0.2) is 5.76 Å². The molecule has 1 aromatic carbocycles. The van der Waals surface area contributed by atoms with Crippen LogP contribution in [0.2, 0.25) is 0 Å². The highest BCUT2D eigenvalue weighted by atomic mass is 16.5. The van der Waals surface area contributed by atoms with Gasteiger partial charge in [0.05, 0.1) is 5.56 Å². The van der Waals surface area contributed by atoms with E-state index in [0.29, 0.717) is 17.1 Å². The van der Waals surface area contributed by atoms with Crippen LogP contribution in [0.1, 0.15) is 17.3 Å². The van der Waals surface area contributed by atoms with Crippen LogP contribution in [-0.4, -0.2) is 5.78 Å². The molecule has 12 heavy (non-hydrogen) atoms. The Kier molecular flexibility index (Phi) is 1.47. The van der Waals surface area contributed by atoms with E-state index >= 15 is 0 Å². The summed E-state index contributed by atoms with van der Waals surface area (Å²) in [7, 11) is 0. The first-order valence-electron chi connectivity index (χ1n) is 3.81. The van der Waals surface area contributed by atoms with E-state index in [1.165, 1.54) is 0 Å². The van der Waals surface area contributed by atoms with Gasteiger partial charge in [0, 0.05) is 0 Å². The molecule has 2 nitrogen and oxygen atoms in total. The molecule has 1 aliphatic rings. The molecule has 0 atom stereocenters. The predicted molar refractivity (Wildman–Crippen MR) is 45.2 cm³/mol. The third-order valence-corrected chi connectivity index (χ3v) is 1.84. The second-order valence-corrected chi connectivity index (χ2v) is 2.58. The Morgan fingerprint density at radius 1 is 1.33 bits per heavy atom. The molecule has 0 saturated carbocycles. The molecule has 0 radical (unpaired) electrons. The van der Waals surface area contributed by atoms with Gasteiger partial charge in [-0.25, -0.2) is 0 Å². The number of carbonyl (C=O) groups is 1. The van der Waals surface area contributed by atoms with Crippen LogP contribution in [0.3, 0.4) is 0 Å². The molecule has 1 aliphatic heterocycles. The third-order valence-electron chi connectivity index (χ3n) is 1.84. The zero-order valence-electron chi connectivity index (χ0n) is 6.70. The normalized spacial score (nSPS) is 17.8. The van der Waals surface area contributed by atoms with E-state index < -0.39 is 0 Å². The molecule has 1 heterocycles. The zero-order chi connectivity index (χ0) is 8.55. The minimum absolute atomic E-state index is 0.0203. The summed E-state index contributed by atoms with van der Waals surface area (Å²) in [6.45, 7) is 1.79. The fourth-order valence-electron chi connectivity index (χ4n) is 1.23. The number of rotatable bonds is 0. The summed E-state index contributed by atoms with van der Waals surface area (Å²) in [5, 5.41) is 0. The van der Waals surface area contributed by atoms with Gasteiger partial charge >= 0.3 is 0 Å². The van der Waals surface area contributed by atoms with Crippen molar-refractivity contribution in [2.75, 3.05) is 0 Å². The highest BCUT2D eigenvalue weighted by Crippen LogP contribution is 2.29. The first kappa shape index (κ1) is 7.10. The second-order valence-electron chi connectivity index (χ2n) is 2.58. The lowest BCUT2D eigenvalue weighted by Crippen LogP contribution is -1.96. The van der Waals surface area contributed by atoms with Gasteiger partial charge in [-0.2, -0.15) is 0 Å². The molecule has 0 aliphatic carbocycles. The largest absolute Gasteiger partial charge is 0.453 e. The number of ketones is 1. The van der Waals surface area contributed by atoms with Crippen LogP contribution in [0.25, 0.3) is 0 Å². The Morgan fingerprint density at radius 2 is 2.08 bits per heavy atom. The summed E-state index contributed by atoms with van der Waals surface area (Å²) in [5.41, 5.74) is 0.658. The fourth-order valence-corrected chi connectivity index (χ4v) is 1.23. The maximum absolute atomic E-state index is 11.4. The first-order chi connectivity index (χ1) is 5.83. The Labute approximate surface area is 70.5 Å². The van der Waals surface area contributed by atoms with Crippen molar-refractivity contribution in [3.8, 4) is 5.75 Å². The van der Waals surface area contributed by atoms with Crippen LogP contribution < -0.4 is 4.74 Å². The van der Waals surface area contributed by atoms with Crippen LogP contribution in [0, 0.1) is 0 Å². The van der Waals surface area contributed by atoms with Gasteiger partial charge < -0.3 is 4.74 Å². The van der Waals surface area contributed by atoms with Gasteiger partial charge in [-0.1, -0.05) is 12.1 Å². The van der Waals surface area contributed by atoms with Crippen molar-refractivity contribution in [1.29, 1.82) is 0 Å². The average Bonchev–Trinajstić information content (AvgIpc) is 2.44. The van der Waals surface area contributed by atoms with Crippen LogP contribution in [-0.2, 0) is 0 Å². The van der Waals surface area contributed by atoms with E-state index in [1.807, 2.05) is 12.1 Å². The van der Waals surface area contributed by atoms with Crippen LogP contribution >= 0.6 is 0 Å². The highest BCUT2D eigenvalue weighted by Gasteiger charge is 2.25. The molecular weight excluding hydrogens is 152 g/mol. The molecule has 60 valence electrons. The molecule has 0 unspecified atom stereocenters. The van der Waals surface area contributed by atoms with E-state index in [-0.39, 0.29) is 5.78 Å². The SMILES string of the molecule is CC=C1Oc2ccccc2C1=O. The molecule has 0 amide bonds. The maximum atomic E-state index is 11.4. The molecule has 0 N–H and O–H groups in total. The van der Waals surface area contributed by atoms with Gasteiger partial charge in [0.25, 0.3) is 0 Å². The number of ether oxygens (including phenoxy) is 1. The Hall–Kier alpha value is -1.57. The molecular formula is C10H8O2. The molecule has 0 fully saturated rings. The van der Waals surface area contributed by atoms with E-state index in [1.54, 1.807) is 25.1 Å². The number of hydrogen-bond donors (Lipinski definition) is 0.